The molecule has 0 atom stereocenters. The van der Waals surface area contributed by atoms with Gasteiger partial charge in [0, 0.05) is 0 Å². The van der Waals surface area contributed by atoms with Crippen LogP contribution in [0.3, 0.4) is 0 Å². The van der Waals surface area contributed by atoms with Gasteiger partial charge in [-0.25, -0.2) is 4.57 Å². The topological polar surface area (TPSA) is 44.8 Å². The van der Waals surface area contributed by atoms with Crippen molar-refractivity contribution in [1.82, 2.24) is 0 Å². The van der Waals surface area contributed by atoms with Crippen molar-refractivity contribution in [3.63, 3.8) is 0 Å². The molecule has 0 aliphatic rings. The van der Waals surface area contributed by atoms with Crippen LogP contribution in [-0.4, -0.2) is 19.8 Å². The van der Waals surface area contributed by atoms with E-state index in [0.29, 0.717) is 19.8 Å². The molecule has 0 heterocycles. The van der Waals surface area contributed by atoms with Gasteiger partial charge in [0.15, 0.2) is 0 Å². The second-order valence-electron chi connectivity index (χ2n) is 7.88. The molecule has 0 aliphatic heterocycles. The molecule has 0 aliphatic carbocycles. The first-order valence-corrected chi connectivity index (χ1v) is 13.8. The van der Waals surface area contributed by atoms with Gasteiger partial charge >= 0.3 is 7.82 Å². The van der Waals surface area contributed by atoms with Gasteiger partial charge in [-0.3, -0.25) is 13.6 Å². The number of hydrogen-bond donors (Lipinski definition) is 0. The number of hydrogen-bond acceptors (Lipinski definition) is 4. The van der Waals surface area contributed by atoms with Crippen LogP contribution in [0.2, 0.25) is 0 Å². The van der Waals surface area contributed by atoms with E-state index in [1.165, 1.54) is 77.0 Å². The Balaban J connectivity index is 3.47. The van der Waals surface area contributed by atoms with Gasteiger partial charge in [0.05, 0.1) is 19.8 Å². The molecule has 5 heteroatoms. The normalized spacial score (nSPS) is 12.2. The summed E-state index contributed by atoms with van der Waals surface area (Å²) < 4.78 is 28.5. The molecule has 0 saturated carbocycles. The van der Waals surface area contributed by atoms with Crippen molar-refractivity contribution in [2.24, 2.45) is 0 Å². The highest BCUT2D eigenvalue weighted by Crippen LogP contribution is 2.49. The predicted octanol–water partition coefficient (Wildman–Crippen LogP) is 9.00. The monoisotopic (exact) mass is 432 g/mol. The van der Waals surface area contributed by atoms with Crippen LogP contribution in [0.4, 0.5) is 0 Å². The van der Waals surface area contributed by atoms with Crippen LogP contribution in [0.15, 0.2) is 12.2 Å². The fourth-order valence-electron chi connectivity index (χ4n) is 3.04. The van der Waals surface area contributed by atoms with Gasteiger partial charge in [-0.05, 0) is 44.9 Å². The third kappa shape index (κ3) is 20.9. The number of phosphoric acid groups is 1. The Hall–Kier alpha value is -0.150. The minimum Gasteiger partial charge on any atom is -0.287 e. The van der Waals surface area contributed by atoms with Gasteiger partial charge in [-0.1, -0.05) is 90.7 Å². The SMILES string of the molecule is CCCCCCCC/C=C\CCCCCCCCOP(=O)(OCCC)OCCC. The molecule has 0 rings (SSSR count). The Bertz CT molecular complexity index is 386. The second-order valence-corrected chi connectivity index (χ2v) is 9.55. The molecule has 0 aromatic carbocycles. The van der Waals surface area contributed by atoms with E-state index in [4.69, 9.17) is 13.6 Å². The summed E-state index contributed by atoms with van der Waals surface area (Å²) in [7, 11) is -3.35. The summed E-state index contributed by atoms with van der Waals surface area (Å²) in [4.78, 5) is 0. The minimum absolute atomic E-state index is 0.411. The maximum Gasteiger partial charge on any atom is 0.474 e. The van der Waals surface area contributed by atoms with Crippen LogP contribution < -0.4 is 0 Å². The highest BCUT2D eigenvalue weighted by atomic mass is 31.2. The largest absolute Gasteiger partial charge is 0.474 e. The Morgan fingerprint density at radius 1 is 0.517 bits per heavy atom. The van der Waals surface area contributed by atoms with Crippen LogP contribution in [0.1, 0.15) is 124 Å². The van der Waals surface area contributed by atoms with E-state index < -0.39 is 7.82 Å². The third-order valence-corrected chi connectivity index (χ3v) is 6.31. The van der Waals surface area contributed by atoms with Crippen LogP contribution in [0, 0.1) is 0 Å². The van der Waals surface area contributed by atoms with Crippen molar-refractivity contribution in [1.29, 1.82) is 0 Å². The summed E-state index contributed by atoms with van der Waals surface area (Å²) in [5.41, 5.74) is 0. The van der Waals surface area contributed by atoms with E-state index in [1.807, 2.05) is 13.8 Å². The number of rotatable bonds is 23. The van der Waals surface area contributed by atoms with Crippen molar-refractivity contribution in [2.45, 2.75) is 124 Å². The fraction of sp³-hybridized carbons (Fsp3) is 0.917. The Morgan fingerprint density at radius 3 is 1.41 bits per heavy atom. The molecule has 0 aromatic heterocycles. The number of phosphoric ester groups is 1. The van der Waals surface area contributed by atoms with E-state index in [0.717, 1.165) is 25.7 Å². The third-order valence-electron chi connectivity index (χ3n) is 4.81. The fourth-order valence-corrected chi connectivity index (χ4v) is 4.43. The lowest BCUT2D eigenvalue weighted by Crippen LogP contribution is -2.03. The Labute approximate surface area is 181 Å². The molecule has 0 aromatic rings. The number of unbranched alkanes of at least 4 members (excludes halogenated alkanes) is 12. The van der Waals surface area contributed by atoms with Crippen LogP contribution >= 0.6 is 7.82 Å². The highest BCUT2D eigenvalue weighted by Gasteiger charge is 2.25. The summed E-state index contributed by atoms with van der Waals surface area (Å²) in [5.74, 6) is 0. The summed E-state index contributed by atoms with van der Waals surface area (Å²) in [6.45, 7) is 7.50. The van der Waals surface area contributed by atoms with Gasteiger partial charge in [-0.15, -0.1) is 0 Å². The molecule has 0 amide bonds. The molecule has 0 N–H and O–H groups in total. The van der Waals surface area contributed by atoms with Crippen LogP contribution in [0.5, 0.6) is 0 Å². The second kappa shape index (κ2) is 22.5. The smallest absolute Gasteiger partial charge is 0.287 e. The lowest BCUT2D eigenvalue weighted by molar-refractivity contribution is 0.111. The van der Waals surface area contributed by atoms with Gasteiger partial charge in [0.2, 0.25) is 0 Å². The first-order valence-electron chi connectivity index (χ1n) is 12.4. The summed E-state index contributed by atoms with van der Waals surface area (Å²) in [6.07, 6.45) is 24.1. The van der Waals surface area contributed by atoms with Crippen molar-refractivity contribution >= 4 is 7.82 Å². The molecule has 0 spiro atoms. The Kier molecular flexibility index (Phi) is 22.4. The molecule has 29 heavy (non-hydrogen) atoms. The zero-order chi connectivity index (χ0) is 21.5. The molecular formula is C24H49O4P. The standard InChI is InChI=1S/C24H49O4P/c1-4-7-8-9-10-11-12-13-14-15-16-17-18-19-20-21-24-28-29(25,26-22-5-2)27-23-6-3/h13-14H,4-12,15-24H2,1-3H3/b14-13-. The molecule has 0 fully saturated rings. The van der Waals surface area contributed by atoms with E-state index in [-0.39, 0.29) is 0 Å². The van der Waals surface area contributed by atoms with Crippen molar-refractivity contribution in [2.75, 3.05) is 19.8 Å². The molecule has 0 saturated heterocycles. The molecule has 174 valence electrons. The summed E-state index contributed by atoms with van der Waals surface area (Å²) >= 11 is 0. The molecule has 0 radical (unpaired) electrons. The van der Waals surface area contributed by atoms with E-state index in [2.05, 4.69) is 19.1 Å². The molecule has 0 unspecified atom stereocenters. The molecular weight excluding hydrogens is 383 g/mol. The van der Waals surface area contributed by atoms with E-state index >= 15 is 0 Å². The molecule has 4 nitrogen and oxygen atoms in total. The zero-order valence-electron chi connectivity index (χ0n) is 19.7. The highest BCUT2D eigenvalue weighted by molar-refractivity contribution is 7.48. The average molecular weight is 433 g/mol. The van der Waals surface area contributed by atoms with E-state index in [9.17, 15) is 4.57 Å². The molecule has 0 bridgehead atoms. The maximum absolute atomic E-state index is 12.4. The minimum atomic E-state index is -3.35. The van der Waals surface area contributed by atoms with Crippen molar-refractivity contribution in [3.8, 4) is 0 Å². The lowest BCUT2D eigenvalue weighted by atomic mass is 10.1. The Morgan fingerprint density at radius 2 is 0.931 bits per heavy atom. The average Bonchev–Trinajstić information content (AvgIpc) is 2.73. The zero-order valence-corrected chi connectivity index (χ0v) is 20.6. The van der Waals surface area contributed by atoms with Crippen LogP contribution in [-0.2, 0) is 18.1 Å². The van der Waals surface area contributed by atoms with Gasteiger partial charge in [0.25, 0.3) is 0 Å². The lowest BCUT2D eigenvalue weighted by Gasteiger charge is -2.17. The quantitative estimate of drug-likeness (QED) is 0.0917. The van der Waals surface area contributed by atoms with Gasteiger partial charge in [0.1, 0.15) is 0 Å². The van der Waals surface area contributed by atoms with Crippen molar-refractivity contribution in [3.05, 3.63) is 12.2 Å². The van der Waals surface area contributed by atoms with Crippen LogP contribution in [0.25, 0.3) is 0 Å². The maximum atomic E-state index is 12.4. The van der Waals surface area contributed by atoms with E-state index in [1.54, 1.807) is 0 Å². The predicted molar refractivity (Wildman–Crippen MR) is 125 cm³/mol. The van der Waals surface area contributed by atoms with Gasteiger partial charge < -0.3 is 0 Å². The summed E-state index contributed by atoms with van der Waals surface area (Å²) in [5, 5.41) is 0. The van der Waals surface area contributed by atoms with Crippen molar-refractivity contribution < 1.29 is 18.1 Å². The van der Waals surface area contributed by atoms with Gasteiger partial charge in [-0.2, -0.15) is 0 Å². The summed E-state index contributed by atoms with van der Waals surface area (Å²) in [6, 6.07) is 0. The first kappa shape index (κ1) is 28.9. The number of allylic oxidation sites excluding steroid dienone is 2. The first-order chi connectivity index (χ1) is 14.2.